The van der Waals surface area contributed by atoms with Crippen LogP contribution in [0.25, 0.3) is 11.0 Å². The first kappa shape index (κ1) is 14.8. The number of hydrogen-bond acceptors (Lipinski definition) is 5. The average Bonchev–Trinajstić information content (AvgIpc) is 2.49. The number of nitrogens with zero attached hydrogens (tertiary/aromatic N) is 3. The molecule has 0 saturated carbocycles. The molecular formula is C15H22N4O. The molecule has 0 bridgehead atoms. The van der Waals surface area contributed by atoms with Gasteiger partial charge in [-0.05, 0) is 19.2 Å². The standard InChI is InChI=1S/C15H22N4O/c1-19(9-10-20-2)8-7-16-11-13-12-17-14-5-3-4-6-15(14)18-13/h3-6,12,16H,7-11H2,1-2H3. The predicted molar refractivity (Wildman–Crippen MR) is 80.6 cm³/mol. The Hall–Kier alpha value is -1.56. The number of benzene rings is 1. The quantitative estimate of drug-likeness (QED) is 0.735. The first-order chi connectivity index (χ1) is 9.79. The van der Waals surface area contributed by atoms with Crippen molar-refractivity contribution in [3.63, 3.8) is 0 Å². The molecule has 1 heterocycles. The van der Waals surface area contributed by atoms with E-state index in [1.54, 1.807) is 7.11 Å². The number of methoxy groups -OCH3 is 1. The van der Waals surface area contributed by atoms with E-state index in [9.17, 15) is 0 Å². The van der Waals surface area contributed by atoms with Gasteiger partial charge in [0.1, 0.15) is 0 Å². The number of aromatic nitrogens is 2. The van der Waals surface area contributed by atoms with E-state index >= 15 is 0 Å². The van der Waals surface area contributed by atoms with E-state index in [0.717, 1.165) is 49.5 Å². The number of para-hydroxylation sites is 2. The lowest BCUT2D eigenvalue weighted by Gasteiger charge is -2.16. The molecule has 0 amide bonds. The van der Waals surface area contributed by atoms with Gasteiger partial charge in [0.2, 0.25) is 0 Å². The minimum absolute atomic E-state index is 0.746. The molecule has 0 unspecified atom stereocenters. The zero-order chi connectivity index (χ0) is 14.2. The van der Waals surface area contributed by atoms with Gasteiger partial charge in [0.15, 0.2) is 0 Å². The van der Waals surface area contributed by atoms with Gasteiger partial charge >= 0.3 is 0 Å². The van der Waals surface area contributed by atoms with Crippen LogP contribution in [0.1, 0.15) is 5.69 Å². The highest BCUT2D eigenvalue weighted by molar-refractivity contribution is 5.73. The molecule has 1 aromatic carbocycles. The van der Waals surface area contributed by atoms with Crippen molar-refractivity contribution in [3.05, 3.63) is 36.2 Å². The number of fused-ring (bicyclic) bond motifs is 1. The molecule has 0 spiro atoms. The highest BCUT2D eigenvalue weighted by Crippen LogP contribution is 2.07. The summed E-state index contributed by atoms with van der Waals surface area (Å²) < 4.78 is 5.05. The van der Waals surface area contributed by atoms with Gasteiger partial charge in [0.05, 0.1) is 29.5 Å². The summed E-state index contributed by atoms with van der Waals surface area (Å²) in [5.41, 5.74) is 2.86. The molecule has 0 aliphatic rings. The third kappa shape index (κ3) is 4.52. The lowest BCUT2D eigenvalue weighted by atomic mass is 10.3. The minimum atomic E-state index is 0.746. The van der Waals surface area contributed by atoms with Crippen molar-refractivity contribution in [2.75, 3.05) is 40.4 Å². The van der Waals surface area contributed by atoms with Crippen LogP contribution in [0.3, 0.4) is 0 Å². The minimum Gasteiger partial charge on any atom is -0.383 e. The Morgan fingerprint density at radius 2 is 2.00 bits per heavy atom. The van der Waals surface area contributed by atoms with Gasteiger partial charge in [-0.15, -0.1) is 0 Å². The maximum atomic E-state index is 5.05. The number of nitrogens with one attached hydrogen (secondary N) is 1. The Morgan fingerprint density at radius 3 is 2.80 bits per heavy atom. The van der Waals surface area contributed by atoms with Gasteiger partial charge in [-0.1, -0.05) is 12.1 Å². The summed E-state index contributed by atoms with van der Waals surface area (Å²) in [4.78, 5) is 11.2. The van der Waals surface area contributed by atoms with Gasteiger partial charge in [-0.2, -0.15) is 0 Å². The van der Waals surface area contributed by atoms with Crippen molar-refractivity contribution in [2.45, 2.75) is 6.54 Å². The maximum Gasteiger partial charge on any atom is 0.0890 e. The molecule has 2 aromatic rings. The highest BCUT2D eigenvalue weighted by atomic mass is 16.5. The molecule has 0 atom stereocenters. The Labute approximate surface area is 120 Å². The van der Waals surface area contributed by atoms with Crippen LogP contribution in [0, 0.1) is 0 Å². The monoisotopic (exact) mass is 274 g/mol. The van der Waals surface area contributed by atoms with Crippen LogP contribution >= 0.6 is 0 Å². The second-order valence-electron chi connectivity index (χ2n) is 4.82. The fraction of sp³-hybridized carbons (Fsp3) is 0.467. The number of hydrogen-bond donors (Lipinski definition) is 1. The number of ether oxygens (including phenoxy) is 1. The molecule has 5 nitrogen and oxygen atoms in total. The van der Waals surface area contributed by atoms with Crippen molar-refractivity contribution in [3.8, 4) is 0 Å². The van der Waals surface area contributed by atoms with Gasteiger partial charge in [0, 0.05) is 33.3 Å². The summed E-state index contributed by atoms with van der Waals surface area (Å²) in [5, 5.41) is 3.39. The second kappa shape index (κ2) is 7.89. The number of rotatable bonds is 8. The summed E-state index contributed by atoms with van der Waals surface area (Å²) in [6.45, 7) is 4.38. The molecule has 0 fully saturated rings. The third-order valence-electron chi connectivity index (χ3n) is 3.15. The molecule has 0 radical (unpaired) electrons. The Bertz CT molecular complexity index is 532. The third-order valence-corrected chi connectivity index (χ3v) is 3.15. The van der Waals surface area contributed by atoms with Gasteiger partial charge in [-0.3, -0.25) is 4.98 Å². The van der Waals surface area contributed by atoms with Crippen molar-refractivity contribution < 1.29 is 4.74 Å². The second-order valence-corrected chi connectivity index (χ2v) is 4.82. The summed E-state index contributed by atoms with van der Waals surface area (Å²) >= 11 is 0. The summed E-state index contributed by atoms with van der Waals surface area (Å²) in [7, 11) is 3.82. The molecular weight excluding hydrogens is 252 g/mol. The van der Waals surface area contributed by atoms with E-state index in [1.807, 2.05) is 30.5 Å². The molecule has 0 aliphatic carbocycles. The first-order valence-electron chi connectivity index (χ1n) is 6.88. The fourth-order valence-electron chi connectivity index (χ4n) is 1.93. The van der Waals surface area contributed by atoms with Crippen LogP contribution in [0.5, 0.6) is 0 Å². The molecule has 20 heavy (non-hydrogen) atoms. The molecule has 0 saturated heterocycles. The number of likely N-dealkylation sites (N-methyl/N-ethyl adjacent to an activating group) is 1. The predicted octanol–water partition coefficient (Wildman–Crippen LogP) is 1.30. The van der Waals surface area contributed by atoms with E-state index in [-0.39, 0.29) is 0 Å². The zero-order valence-corrected chi connectivity index (χ0v) is 12.2. The lowest BCUT2D eigenvalue weighted by Crippen LogP contribution is -2.31. The van der Waals surface area contributed by atoms with Crippen LogP contribution in [0.2, 0.25) is 0 Å². The van der Waals surface area contributed by atoms with Crippen molar-refractivity contribution in [1.82, 2.24) is 20.2 Å². The largest absolute Gasteiger partial charge is 0.383 e. The average molecular weight is 274 g/mol. The molecule has 108 valence electrons. The Balaban J connectivity index is 1.75. The smallest absolute Gasteiger partial charge is 0.0890 e. The van der Waals surface area contributed by atoms with E-state index in [1.165, 1.54) is 0 Å². The molecule has 0 aliphatic heterocycles. The van der Waals surface area contributed by atoms with Gasteiger partial charge in [-0.25, -0.2) is 4.98 Å². The lowest BCUT2D eigenvalue weighted by molar-refractivity contribution is 0.161. The normalized spacial score (nSPS) is 11.3. The van der Waals surface area contributed by atoms with E-state index < -0.39 is 0 Å². The summed E-state index contributed by atoms with van der Waals surface area (Å²) in [6.07, 6.45) is 1.84. The first-order valence-corrected chi connectivity index (χ1v) is 6.88. The molecule has 2 rings (SSSR count). The Kier molecular flexibility index (Phi) is 5.86. The summed E-state index contributed by atoms with van der Waals surface area (Å²) in [6, 6.07) is 7.93. The van der Waals surface area contributed by atoms with Crippen molar-refractivity contribution in [1.29, 1.82) is 0 Å². The van der Waals surface area contributed by atoms with Crippen molar-refractivity contribution >= 4 is 11.0 Å². The molecule has 1 aromatic heterocycles. The zero-order valence-electron chi connectivity index (χ0n) is 12.2. The van der Waals surface area contributed by atoms with Crippen LogP contribution in [0.15, 0.2) is 30.5 Å². The van der Waals surface area contributed by atoms with Crippen molar-refractivity contribution in [2.24, 2.45) is 0 Å². The fourth-order valence-corrected chi connectivity index (χ4v) is 1.93. The molecule has 5 heteroatoms. The maximum absolute atomic E-state index is 5.05. The summed E-state index contributed by atoms with van der Waals surface area (Å²) in [5.74, 6) is 0. The van der Waals surface area contributed by atoms with E-state index in [4.69, 9.17) is 4.74 Å². The molecule has 1 N–H and O–H groups in total. The van der Waals surface area contributed by atoms with Crippen LogP contribution < -0.4 is 5.32 Å². The van der Waals surface area contributed by atoms with E-state index in [0.29, 0.717) is 0 Å². The van der Waals surface area contributed by atoms with Crippen LogP contribution in [-0.2, 0) is 11.3 Å². The van der Waals surface area contributed by atoms with E-state index in [2.05, 4.69) is 27.2 Å². The van der Waals surface area contributed by atoms with Crippen LogP contribution in [0.4, 0.5) is 0 Å². The van der Waals surface area contributed by atoms with Gasteiger partial charge < -0.3 is 15.0 Å². The Morgan fingerprint density at radius 1 is 1.20 bits per heavy atom. The topological polar surface area (TPSA) is 50.3 Å². The van der Waals surface area contributed by atoms with Crippen LogP contribution in [-0.4, -0.2) is 55.3 Å². The highest BCUT2D eigenvalue weighted by Gasteiger charge is 2.00. The van der Waals surface area contributed by atoms with Gasteiger partial charge in [0.25, 0.3) is 0 Å². The SMILES string of the molecule is COCCN(C)CCNCc1cnc2ccccc2n1.